The van der Waals surface area contributed by atoms with Gasteiger partial charge in [0.15, 0.2) is 0 Å². The molecule has 33 heavy (non-hydrogen) atoms. The smallest absolute Gasteiger partial charge is 0.221 e. The number of rotatable bonds is 4. The third kappa shape index (κ3) is 5.09. The standard InChI is InChI=1S/C29H32ClNO2/c1-18(2)33-29(31-4)22-12-14-24-21(16-22)6-5-7-26(25-15-13-23(30)17-27(25)32)28(24)20-10-8-19(3)9-11-20/h8-10,12,14,16-17,20,32H,1,5-7,11,13,15H2,2-4H3. The highest BCUT2D eigenvalue weighted by atomic mass is 35.5. The lowest BCUT2D eigenvalue weighted by Gasteiger charge is -2.26. The van der Waals surface area contributed by atoms with E-state index in [2.05, 4.69) is 54.9 Å². The third-order valence-electron chi connectivity index (χ3n) is 6.55. The molecule has 0 saturated heterocycles. The third-order valence-corrected chi connectivity index (χ3v) is 6.85. The van der Waals surface area contributed by atoms with Crippen LogP contribution in [0.3, 0.4) is 0 Å². The topological polar surface area (TPSA) is 41.8 Å². The largest absolute Gasteiger partial charge is 0.508 e. The van der Waals surface area contributed by atoms with Gasteiger partial charge < -0.3 is 9.84 Å². The van der Waals surface area contributed by atoms with Crippen molar-refractivity contribution in [2.45, 2.75) is 52.4 Å². The van der Waals surface area contributed by atoms with Gasteiger partial charge in [-0.15, -0.1) is 0 Å². The molecule has 1 N–H and O–H groups in total. The van der Waals surface area contributed by atoms with Crippen LogP contribution in [0, 0.1) is 5.92 Å². The summed E-state index contributed by atoms with van der Waals surface area (Å²) in [6, 6.07) is 6.51. The summed E-state index contributed by atoms with van der Waals surface area (Å²) in [5, 5.41) is 11.6. The summed E-state index contributed by atoms with van der Waals surface area (Å²) in [5.41, 5.74) is 8.49. The van der Waals surface area contributed by atoms with E-state index in [1.54, 1.807) is 13.1 Å². The number of hydrogen-bond acceptors (Lipinski definition) is 3. The van der Waals surface area contributed by atoms with Crippen LogP contribution in [0.4, 0.5) is 0 Å². The van der Waals surface area contributed by atoms with Crippen LogP contribution in [0.1, 0.15) is 62.6 Å². The molecule has 1 aromatic rings. The molecule has 0 radical (unpaired) electrons. The van der Waals surface area contributed by atoms with Gasteiger partial charge in [-0.25, -0.2) is 0 Å². The molecule has 0 bridgehead atoms. The van der Waals surface area contributed by atoms with Crippen LogP contribution < -0.4 is 0 Å². The fraction of sp³-hybridized carbons (Fsp3) is 0.345. The Morgan fingerprint density at radius 3 is 2.67 bits per heavy atom. The fourth-order valence-electron chi connectivity index (χ4n) is 5.01. The predicted molar refractivity (Wildman–Crippen MR) is 138 cm³/mol. The van der Waals surface area contributed by atoms with Gasteiger partial charge in [0, 0.05) is 23.6 Å². The summed E-state index contributed by atoms with van der Waals surface area (Å²) in [7, 11) is 1.74. The van der Waals surface area contributed by atoms with Crippen molar-refractivity contribution in [1.29, 1.82) is 0 Å². The summed E-state index contributed by atoms with van der Waals surface area (Å²) in [5.74, 6) is 1.80. The summed E-state index contributed by atoms with van der Waals surface area (Å²) >= 11 is 6.23. The van der Waals surface area contributed by atoms with Crippen LogP contribution in [0.2, 0.25) is 0 Å². The molecule has 3 aliphatic carbocycles. The number of benzene rings is 1. The number of aliphatic hydroxyl groups is 1. The van der Waals surface area contributed by atoms with E-state index >= 15 is 0 Å². The summed E-state index contributed by atoms with van der Waals surface area (Å²) in [4.78, 5) is 4.34. The van der Waals surface area contributed by atoms with Gasteiger partial charge in [-0.1, -0.05) is 48.0 Å². The van der Waals surface area contributed by atoms with Crippen molar-refractivity contribution >= 4 is 23.1 Å². The highest BCUT2D eigenvalue weighted by Crippen LogP contribution is 2.44. The second kappa shape index (κ2) is 10.0. The Morgan fingerprint density at radius 1 is 1.18 bits per heavy atom. The van der Waals surface area contributed by atoms with Crippen molar-refractivity contribution in [2.24, 2.45) is 10.9 Å². The fourth-order valence-corrected chi connectivity index (χ4v) is 5.21. The molecule has 172 valence electrons. The molecule has 1 unspecified atom stereocenters. The van der Waals surface area contributed by atoms with Crippen molar-refractivity contribution in [3.8, 4) is 0 Å². The first kappa shape index (κ1) is 23.4. The molecule has 0 aliphatic heterocycles. The molecule has 3 aliphatic rings. The molecule has 0 spiro atoms. The Hall–Kier alpha value is -2.78. The number of aryl methyl sites for hydroxylation is 1. The molecular weight excluding hydrogens is 430 g/mol. The molecule has 0 fully saturated rings. The Morgan fingerprint density at radius 2 is 2.00 bits per heavy atom. The highest BCUT2D eigenvalue weighted by molar-refractivity contribution is 6.29. The van der Waals surface area contributed by atoms with E-state index in [9.17, 15) is 5.11 Å². The van der Waals surface area contributed by atoms with Gasteiger partial charge in [0.1, 0.15) is 5.76 Å². The van der Waals surface area contributed by atoms with Crippen molar-refractivity contribution in [3.63, 3.8) is 0 Å². The van der Waals surface area contributed by atoms with Crippen molar-refractivity contribution in [2.75, 3.05) is 7.05 Å². The quantitative estimate of drug-likeness (QED) is 0.280. The molecule has 4 heteroatoms. The van der Waals surface area contributed by atoms with E-state index in [4.69, 9.17) is 16.3 Å². The number of aliphatic hydroxyl groups excluding tert-OH is 1. The maximum Gasteiger partial charge on any atom is 0.221 e. The molecule has 3 nitrogen and oxygen atoms in total. The van der Waals surface area contributed by atoms with Crippen molar-refractivity contribution in [3.05, 3.63) is 99.0 Å². The minimum absolute atomic E-state index is 0.277. The maximum absolute atomic E-state index is 10.8. The van der Waals surface area contributed by atoms with E-state index in [0.29, 0.717) is 17.4 Å². The molecular formula is C29H32ClNO2. The zero-order valence-electron chi connectivity index (χ0n) is 19.7. The lowest BCUT2D eigenvalue weighted by molar-refractivity contribution is 0.419. The van der Waals surface area contributed by atoms with E-state index in [1.165, 1.54) is 27.8 Å². The van der Waals surface area contributed by atoms with Gasteiger partial charge in [0.25, 0.3) is 0 Å². The van der Waals surface area contributed by atoms with Crippen LogP contribution in [0.5, 0.6) is 0 Å². The SMILES string of the molecule is C=C(C)OC(=NC)c1ccc2c(c1)CCCC(C1=C(O)C=C(Cl)CC1)=C2C1C=CC(C)=CC1. The van der Waals surface area contributed by atoms with Crippen LogP contribution in [0.15, 0.2) is 87.3 Å². The van der Waals surface area contributed by atoms with Crippen LogP contribution in [0.25, 0.3) is 5.57 Å². The Kier molecular flexibility index (Phi) is 7.09. The molecule has 1 aromatic carbocycles. The van der Waals surface area contributed by atoms with E-state index < -0.39 is 0 Å². The number of allylic oxidation sites excluding steroid dienone is 10. The van der Waals surface area contributed by atoms with E-state index in [0.717, 1.165) is 54.7 Å². The minimum Gasteiger partial charge on any atom is -0.508 e. The Balaban J connectivity index is 1.87. The summed E-state index contributed by atoms with van der Waals surface area (Å²) < 4.78 is 5.77. The molecule has 0 saturated carbocycles. The van der Waals surface area contributed by atoms with Crippen LogP contribution in [-0.2, 0) is 11.2 Å². The average molecular weight is 462 g/mol. The molecule has 0 heterocycles. The predicted octanol–water partition coefficient (Wildman–Crippen LogP) is 7.95. The monoisotopic (exact) mass is 461 g/mol. The van der Waals surface area contributed by atoms with Gasteiger partial charge in [-0.3, -0.25) is 4.99 Å². The summed E-state index contributed by atoms with van der Waals surface area (Å²) in [6.45, 7) is 7.83. The first-order valence-corrected chi connectivity index (χ1v) is 12.1. The molecule has 1 atom stereocenters. The van der Waals surface area contributed by atoms with Gasteiger partial charge in [0.05, 0.1) is 5.76 Å². The lowest BCUT2D eigenvalue weighted by atomic mass is 9.79. The zero-order chi connectivity index (χ0) is 23.5. The Bertz CT molecular complexity index is 1160. The first-order chi connectivity index (χ1) is 15.9. The number of halogens is 1. The van der Waals surface area contributed by atoms with Gasteiger partial charge in [-0.2, -0.15) is 0 Å². The van der Waals surface area contributed by atoms with Crippen molar-refractivity contribution < 1.29 is 9.84 Å². The van der Waals surface area contributed by atoms with E-state index in [1.807, 2.05) is 6.92 Å². The van der Waals surface area contributed by atoms with Crippen molar-refractivity contribution in [1.82, 2.24) is 0 Å². The number of fused-ring (bicyclic) bond motifs is 1. The average Bonchev–Trinajstić information content (AvgIpc) is 2.97. The number of aliphatic imine (C=N–C) groups is 1. The maximum atomic E-state index is 10.8. The number of ether oxygens (including phenoxy) is 1. The normalized spacial score (nSPS) is 21.3. The Labute approximate surface area is 202 Å². The highest BCUT2D eigenvalue weighted by Gasteiger charge is 2.28. The van der Waals surface area contributed by atoms with Gasteiger partial charge >= 0.3 is 0 Å². The first-order valence-electron chi connectivity index (χ1n) is 11.7. The summed E-state index contributed by atoms with van der Waals surface area (Å²) in [6.07, 6.45) is 14.0. The number of hydrogen-bond donors (Lipinski definition) is 1. The second-order valence-electron chi connectivity index (χ2n) is 9.05. The van der Waals surface area contributed by atoms with Crippen LogP contribution in [-0.4, -0.2) is 18.1 Å². The number of nitrogens with zero attached hydrogens (tertiary/aromatic N) is 1. The zero-order valence-corrected chi connectivity index (χ0v) is 20.5. The van der Waals surface area contributed by atoms with Gasteiger partial charge in [0.2, 0.25) is 5.90 Å². The minimum atomic E-state index is 0.277. The van der Waals surface area contributed by atoms with E-state index in [-0.39, 0.29) is 5.92 Å². The lowest BCUT2D eigenvalue weighted by Crippen LogP contribution is -2.11. The molecule has 0 aromatic heterocycles. The molecule has 0 amide bonds. The molecule has 4 rings (SSSR count). The van der Waals surface area contributed by atoms with Gasteiger partial charge in [-0.05, 0) is 98.4 Å². The van der Waals surface area contributed by atoms with Crippen LogP contribution >= 0.6 is 11.6 Å². The second-order valence-corrected chi connectivity index (χ2v) is 9.54.